The monoisotopic (exact) mass is 574 g/mol. The van der Waals surface area contributed by atoms with Crippen molar-refractivity contribution < 1.29 is 4.74 Å². The predicted molar refractivity (Wildman–Crippen MR) is 180 cm³/mol. The second-order valence-corrected chi connectivity index (χ2v) is 11.7. The molecule has 5 nitrogen and oxygen atoms in total. The van der Waals surface area contributed by atoms with Crippen LogP contribution in [0.4, 0.5) is 0 Å². The number of hydrogen-bond acceptors (Lipinski definition) is 4. The van der Waals surface area contributed by atoms with Gasteiger partial charge in [0.1, 0.15) is 5.82 Å². The van der Waals surface area contributed by atoms with Crippen LogP contribution in [0.25, 0.3) is 50.1 Å². The van der Waals surface area contributed by atoms with E-state index < -0.39 is 0 Å². The fourth-order valence-electron chi connectivity index (χ4n) is 6.12. The Morgan fingerprint density at radius 3 is 2.00 bits per heavy atom. The predicted octanol–water partition coefficient (Wildman–Crippen LogP) is 10.3. The molecule has 0 unspecified atom stereocenters. The van der Waals surface area contributed by atoms with Crippen molar-refractivity contribution in [2.75, 3.05) is 0 Å². The van der Waals surface area contributed by atoms with Gasteiger partial charge in [-0.15, -0.1) is 0 Å². The maximum atomic E-state index is 6.82. The van der Waals surface area contributed by atoms with E-state index >= 15 is 0 Å². The summed E-state index contributed by atoms with van der Waals surface area (Å²) in [4.78, 5) is 14.6. The molecule has 216 valence electrons. The smallest absolute Gasteiger partial charge is 0.220 e. The lowest BCUT2D eigenvalue weighted by molar-refractivity contribution is 0.467. The van der Waals surface area contributed by atoms with Gasteiger partial charge in [0.15, 0.2) is 5.75 Å². The largest absolute Gasteiger partial charge is 0.437 e. The van der Waals surface area contributed by atoms with Crippen LogP contribution < -0.4 is 4.74 Å². The zero-order valence-electron chi connectivity index (χ0n) is 25.4. The van der Waals surface area contributed by atoms with Crippen molar-refractivity contribution in [1.82, 2.24) is 19.5 Å². The van der Waals surface area contributed by atoms with Gasteiger partial charge in [-0.05, 0) is 65.4 Å². The van der Waals surface area contributed by atoms with Crippen LogP contribution in [0.5, 0.6) is 11.6 Å². The molecular formula is C39H34N4O. The van der Waals surface area contributed by atoms with Crippen molar-refractivity contribution in [3.8, 4) is 40.0 Å². The third-order valence-electron chi connectivity index (χ3n) is 8.14. The summed E-state index contributed by atoms with van der Waals surface area (Å²) in [6.07, 6.45) is 3.64. The second kappa shape index (κ2) is 11.4. The minimum Gasteiger partial charge on any atom is -0.437 e. The maximum absolute atomic E-state index is 6.82. The Balaban J connectivity index is 1.47. The normalized spacial score (nSPS) is 11.6. The average Bonchev–Trinajstić information content (AvgIpc) is 3.40. The lowest BCUT2D eigenvalue weighted by Crippen LogP contribution is -2.03. The van der Waals surface area contributed by atoms with E-state index in [1.54, 1.807) is 0 Å². The van der Waals surface area contributed by atoms with Gasteiger partial charge in [-0.1, -0.05) is 88.4 Å². The van der Waals surface area contributed by atoms with Gasteiger partial charge in [0.2, 0.25) is 5.88 Å². The van der Waals surface area contributed by atoms with Crippen LogP contribution >= 0.6 is 0 Å². The van der Waals surface area contributed by atoms with Gasteiger partial charge in [0.05, 0.1) is 22.4 Å². The maximum Gasteiger partial charge on any atom is 0.220 e. The SMILES string of the molecule is CC(C)c1cccc(C(C)C)c1-c1cc(-c2ccccn2)cc(Oc2cccc3c4ccccc4n(-c4ccccn4)c23)n1. The number of benzene rings is 3. The molecule has 0 fully saturated rings. The van der Waals surface area contributed by atoms with E-state index in [1.807, 2.05) is 67.0 Å². The van der Waals surface area contributed by atoms with Gasteiger partial charge in [-0.3, -0.25) is 9.55 Å². The fraction of sp³-hybridized carbons (Fsp3) is 0.154. The lowest BCUT2D eigenvalue weighted by Gasteiger charge is -2.20. The number of nitrogens with zero attached hydrogens (tertiary/aromatic N) is 4. The van der Waals surface area contributed by atoms with Gasteiger partial charge in [0, 0.05) is 40.4 Å². The molecule has 0 radical (unpaired) electrons. The number of aromatic nitrogens is 4. The molecule has 4 aromatic heterocycles. The summed E-state index contributed by atoms with van der Waals surface area (Å²) in [6.45, 7) is 8.94. The molecule has 7 aromatic rings. The third kappa shape index (κ3) is 4.90. The Morgan fingerprint density at radius 1 is 0.614 bits per heavy atom. The molecule has 0 spiro atoms. The van der Waals surface area contributed by atoms with E-state index in [9.17, 15) is 0 Å². The Hall–Kier alpha value is -5.29. The van der Waals surface area contributed by atoms with E-state index in [1.165, 1.54) is 16.7 Å². The minimum atomic E-state index is 0.330. The molecule has 0 amide bonds. The van der Waals surface area contributed by atoms with E-state index in [2.05, 4.69) is 91.8 Å². The van der Waals surface area contributed by atoms with Crippen LogP contribution in [0.15, 0.2) is 122 Å². The van der Waals surface area contributed by atoms with Crippen molar-refractivity contribution in [3.05, 3.63) is 133 Å². The molecule has 3 aromatic carbocycles. The Bertz CT molecular complexity index is 2070. The Labute approximate surface area is 257 Å². The van der Waals surface area contributed by atoms with E-state index in [0.717, 1.165) is 44.6 Å². The average molecular weight is 575 g/mol. The number of ether oxygens (including phenoxy) is 1. The van der Waals surface area contributed by atoms with Crippen molar-refractivity contribution in [2.24, 2.45) is 0 Å². The minimum absolute atomic E-state index is 0.330. The van der Waals surface area contributed by atoms with E-state index in [-0.39, 0.29) is 0 Å². The van der Waals surface area contributed by atoms with Crippen LogP contribution in [0.2, 0.25) is 0 Å². The van der Waals surface area contributed by atoms with Crippen LogP contribution in [0.3, 0.4) is 0 Å². The molecule has 7 rings (SSSR count). The van der Waals surface area contributed by atoms with Gasteiger partial charge >= 0.3 is 0 Å². The first-order chi connectivity index (χ1) is 21.5. The van der Waals surface area contributed by atoms with Crippen LogP contribution in [-0.4, -0.2) is 19.5 Å². The highest BCUT2D eigenvalue weighted by atomic mass is 16.5. The van der Waals surface area contributed by atoms with E-state index in [0.29, 0.717) is 23.5 Å². The molecule has 0 bridgehead atoms. The van der Waals surface area contributed by atoms with Gasteiger partial charge < -0.3 is 4.74 Å². The molecule has 44 heavy (non-hydrogen) atoms. The molecule has 4 heterocycles. The number of fused-ring (bicyclic) bond motifs is 3. The zero-order valence-corrected chi connectivity index (χ0v) is 25.4. The first-order valence-corrected chi connectivity index (χ1v) is 15.2. The number of para-hydroxylation sites is 2. The van der Waals surface area contributed by atoms with Crippen molar-refractivity contribution in [1.29, 1.82) is 0 Å². The van der Waals surface area contributed by atoms with Crippen LogP contribution in [0, 0.1) is 0 Å². The first-order valence-electron chi connectivity index (χ1n) is 15.2. The summed E-state index contributed by atoms with van der Waals surface area (Å²) in [7, 11) is 0. The summed E-state index contributed by atoms with van der Waals surface area (Å²) < 4.78 is 9.00. The third-order valence-corrected chi connectivity index (χ3v) is 8.14. The summed E-state index contributed by atoms with van der Waals surface area (Å²) in [5, 5.41) is 2.24. The second-order valence-electron chi connectivity index (χ2n) is 11.7. The Kier molecular flexibility index (Phi) is 7.15. The topological polar surface area (TPSA) is 52.8 Å². The van der Waals surface area contributed by atoms with Crippen molar-refractivity contribution >= 4 is 21.8 Å². The fourth-order valence-corrected chi connectivity index (χ4v) is 6.12. The highest BCUT2D eigenvalue weighted by Gasteiger charge is 2.21. The summed E-state index contributed by atoms with van der Waals surface area (Å²) in [5.41, 5.74) is 8.43. The number of rotatable bonds is 7. The molecule has 5 heteroatoms. The Morgan fingerprint density at radius 2 is 1.30 bits per heavy atom. The van der Waals surface area contributed by atoms with Gasteiger partial charge in [0.25, 0.3) is 0 Å². The highest BCUT2D eigenvalue weighted by molar-refractivity contribution is 6.11. The molecule has 0 aliphatic heterocycles. The lowest BCUT2D eigenvalue weighted by atomic mass is 9.86. The molecule has 0 N–H and O–H groups in total. The molecule has 0 saturated heterocycles. The summed E-state index contributed by atoms with van der Waals surface area (Å²) in [6, 6.07) is 37.3. The molecular weight excluding hydrogens is 540 g/mol. The summed E-state index contributed by atoms with van der Waals surface area (Å²) >= 11 is 0. The molecule has 0 aliphatic rings. The van der Waals surface area contributed by atoms with Crippen LogP contribution in [0.1, 0.15) is 50.7 Å². The van der Waals surface area contributed by atoms with E-state index in [4.69, 9.17) is 14.7 Å². The van der Waals surface area contributed by atoms with Gasteiger partial charge in [-0.25, -0.2) is 9.97 Å². The summed E-state index contributed by atoms with van der Waals surface area (Å²) in [5.74, 6) is 2.72. The first kappa shape index (κ1) is 27.5. The van der Waals surface area contributed by atoms with Crippen molar-refractivity contribution in [2.45, 2.75) is 39.5 Å². The highest BCUT2D eigenvalue weighted by Crippen LogP contribution is 2.41. The zero-order chi connectivity index (χ0) is 30.2. The molecule has 0 saturated carbocycles. The van der Waals surface area contributed by atoms with Crippen molar-refractivity contribution in [3.63, 3.8) is 0 Å². The quantitative estimate of drug-likeness (QED) is 0.190. The van der Waals surface area contributed by atoms with Crippen LogP contribution in [-0.2, 0) is 0 Å². The number of pyridine rings is 3. The molecule has 0 aliphatic carbocycles. The number of hydrogen-bond donors (Lipinski definition) is 0. The standard InChI is InChI=1S/C39H34N4O/c1-25(2)28-14-11-15-29(26(3)4)38(28)33-23-27(32-17-7-9-21-40-32)24-37(42-33)44-35-19-12-16-31-30-13-5-6-18-34(30)43(39(31)35)36-20-8-10-22-41-36/h5-26H,1-4H3. The van der Waals surface area contributed by atoms with Gasteiger partial charge in [-0.2, -0.15) is 0 Å². The molecule has 0 atom stereocenters.